The van der Waals surface area contributed by atoms with Crippen LogP contribution < -0.4 is 10.2 Å². The van der Waals surface area contributed by atoms with E-state index in [0.29, 0.717) is 48.3 Å². The van der Waals surface area contributed by atoms with E-state index in [1.165, 1.54) is 4.31 Å². The van der Waals surface area contributed by atoms with E-state index < -0.39 is 10.0 Å². The molecule has 1 saturated heterocycles. The van der Waals surface area contributed by atoms with Crippen LogP contribution >= 0.6 is 0 Å². The van der Waals surface area contributed by atoms with Crippen molar-refractivity contribution in [3.8, 4) is 0 Å². The summed E-state index contributed by atoms with van der Waals surface area (Å²) < 4.78 is 29.4. The Balaban J connectivity index is 1.42. The molecule has 0 unspecified atom stereocenters. The van der Waals surface area contributed by atoms with E-state index in [-0.39, 0.29) is 0 Å². The van der Waals surface area contributed by atoms with E-state index in [0.717, 1.165) is 11.5 Å². The van der Waals surface area contributed by atoms with Crippen LogP contribution in [0.5, 0.6) is 0 Å². The van der Waals surface area contributed by atoms with Crippen LogP contribution in [0.3, 0.4) is 0 Å². The Morgan fingerprint density at radius 2 is 1.80 bits per heavy atom. The van der Waals surface area contributed by atoms with E-state index in [4.69, 9.17) is 0 Å². The van der Waals surface area contributed by atoms with Gasteiger partial charge in [0.2, 0.25) is 10.0 Å². The minimum absolute atomic E-state index is 0.309. The molecule has 30 heavy (non-hydrogen) atoms. The topological polar surface area (TPSA) is 109 Å². The zero-order valence-corrected chi connectivity index (χ0v) is 18.0. The summed E-state index contributed by atoms with van der Waals surface area (Å²) in [6, 6.07) is 7.46. The Morgan fingerprint density at radius 1 is 1.03 bits per heavy atom. The van der Waals surface area contributed by atoms with Crippen LogP contribution in [0.25, 0.3) is 0 Å². The van der Waals surface area contributed by atoms with Gasteiger partial charge in [-0.3, -0.25) is 9.67 Å². The van der Waals surface area contributed by atoms with Crippen LogP contribution in [0.4, 0.5) is 17.3 Å². The number of nitrogens with one attached hydrogen (secondary N) is 1. The molecule has 0 radical (unpaired) electrons. The number of aromatic nitrogens is 5. The van der Waals surface area contributed by atoms with E-state index >= 15 is 0 Å². The summed E-state index contributed by atoms with van der Waals surface area (Å²) in [4.78, 5) is 6.40. The van der Waals surface area contributed by atoms with Gasteiger partial charge >= 0.3 is 0 Å². The molecule has 0 aliphatic carbocycles. The molecule has 3 aromatic rings. The second-order valence-corrected chi connectivity index (χ2v) is 9.03. The molecule has 3 aromatic heterocycles. The second kappa shape index (κ2) is 8.00. The van der Waals surface area contributed by atoms with Gasteiger partial charge in [0.25, 0.3) is 0 Å². The molecule has 1 fully saturated rings. The first kappa shape index (κ1) is 20.2. The molecule has 1 aliphatic rings. The Labute approximate surface area is 175 Å². The first-order chi connectivity index (χ1) is 14.4. The first-order valence-corrected chi connectivity index (χ1v) is 11.1. The zero-order valence-electron chi connectivity index (χ0n) is 17.1. The van der Waals surface area contributed by atoms with Crippen molar-refractivity contribution in [1.82, 2.24) is 29.3 Å². The third-order valence-corrected chi connectivity index (χ3v) is 7.34. The van der Waals surface area contributed by atoms with Crippen molar-refractivity contribution in [3.63, 3.8) is 0 Å². The molecule has 0 aromatic carbocycles. The predicted molar refractivity (Wildman–Crippen MR) is 113 cm³/mol. The van der Waals surface area contributed by atoms with Gasteiger partial charge in [0, 0.05) is 39.4 Å². The van der Waals surface area contributed by atoms with Crippen molar-refractivity contribution in [2.75, 3.05) is 36.4 Å². The highest BCUT2D eigenvalue weighted by Gasteiger charge is 2.33. The van der Waals surface area contributed by atoms with Gasteiger partial charge < -0.3 is 10.2 Å². The minimum Gasteiger partial charge on any atom is -0.352 e. The maximum absolute atomic E-state index is 13.1. The number of hydrogen-bond acceptors (Lipinski definition) is 8. The molecule has 0 spiro atoms. The van der Waals surface area contributed by atoms with E-state index in [1.54, 1.807) is 38.0 Å². The average molecular weight is 429 g/mol. The third-order valence-electron chi connectivity index (χ3n) is 5.19. The summed E-state index contributed by atoms with van der Waals surface area (Å²) in [5.74, 6) is 1.34. The first-order valence-electron chi connectivity index (χ1n) is 9.62. The molecular weight excluding hydrogens is 404 g/mol. The van der Waals surface area contributed by atoms with Gasteiger partial charge in [-0.2, -0.15) is 9.40 Å². The number of aryl methyl sites for hydroxylation is 2. The fourth-order valence-electron chi connectivity index (χ4n) is 3.56. The zero-order chi connectivity index (χ0) is 21.3. The van der Waals surface area contributed by atoms with E-state index in [9.17, 15) is 8.42 Å². The van der Waals surface area contributed by atoms with Crippen LogP contribution in [0.1, 0.15) is 11.4 Å². The summed E-state index contributed by atoms with van der Waals surface area (Å²) in [7, 11) is -1.82. The molecule has 4 heterocycles. The molecule has 4 rings (SSSR count). The number of pyridine rings is 1. The maximum Gasteiger partial charge on any atom is 0.246 e. The molecule has 0 saturated carbocycles. The Hall–Kier alpha value is -3.05. The lowest BCUT2D eigenvalue weighted by Gasteiger charge is -2.34. The molecule has 1 N–H and O–H groups in total. The fourth-order valence-corrected chi connectivity index (χ4v) is 5.38. The lowest BCUT2D eigenvalue weighted by atomic mass is 10.3. The summed E-state index contributed by atoms with van der Waals surface area (Å²) in [5, 5.41) is 15.9. The van der Waals surface area contributed by atoms with Gasteiger partial charge in [-0.1, -0.05) is 0 Å². The normalized spacial score (nSPS) is 15.4. The molecule has 0 bridgehead atoms. The van der Waals surface area contributed by atoms with E-state index in [1.807, 2.05) is 29.2 Å². The standard InChI is InChI=1S/C19H24N8O2S/c1-14-19(15(2)25(3)24-14)30(28,29)27-11-9-26(10-12-27)18-7-6-17(22-23-18)21-16-5-4-8-20-13-16/h4-8,13H,9-12H2,1-3H3,(H,21,22). The maximum atomic E-state index is 13.1. The van der Waals surface area contributed by atoms with Crippen molar-refractivity contribution in [2.45, 2.75) is 18.7 Å². The van der Waals surface area contributed by atoms with Gasteiger partial charge in [0.05, 0.1) is 23.3 Å². The molecule has 158 valence electrons. The molecule has 1 aliphatic heterocycles. The summed E-state index contributed by atoms with van der Waals surface area (Å²) >= 11 is 0. The lowest BCUT2D eigenvalue weighted by molar-refractivity contribution is 0.383. The van der Waals surface area contributed by atoms with Crippen LogP contribution in [-0.4, -0.2) is 63.9 Å². The number of piperazine rings is 1. The fraction of sp³-hybridized carbons (Fsp3) is 0.368. The van der Waals surface area contributed by atoms with Crippen LogP contribution in [-0.2, 0) is 17.1 Å². The quantitative estimate of drug-likeness (QED) is 0.651. The van der Waals surface area contributed by atoms with Gasteiger partial charge in [0.15, 0.2) is 11.6 Å². The molecule has 0 amide bonds. The molecular formula is C19H24N8O2S. The van der Waals surface area contributed by atoms with Crippen molar-refractivity contribution >= 4 is 27.3 Å². The minimum atomic E-state index is -3.58. The molecule has 0 atom stereocenters. The van der Waals surface area contributed by atoms with Gasteiger partial charge in [-0.25, -0.2) is 8.42 Å². The predicted octanol–water partition coefficient (Wildman–Crippen LogP) is 1.48. The van der Waals surface area contributed by atoms with E-state index in [2.05, 4.69) is 25.6 Å². The Bertz CT molecular complexity index is 1120. The average Bonchev–Trinajstić information content (AvgIpc) is 3.01. The Kier molecular flexibility index (Phi) is 5.39. The molecule has 11 heteroatoms. The smallest absolute Gasteiger partial charge is 0.246 e. The summed E-state index contributed by atoms with van der Waals surface area (Å²) in [6.45, 7) is 5.36. The lowest BCUT2D eigenvalue weighted by Crippen LogP contribution is -2.49. The number of sulfonamides is 1. The molecule has 10 nitrogen and oxygen atoms in total. The number of anilines is 3. The van der Waals surface area contributed by atoms with Crippen molar-refractivity contribution in [3.05, 3.63) is 48.0 Å². The van der Waals surface area contributed by atoms with Crippen LogP contribution in [0.15, 0.2) is 41.6 Å². The van der Waals surface area contributed by atoms with Gasteiger partial charge in [0.1, 0.15) is 4.90 Å². The number of rotatable bonds is 5. The highest BCUT2D eigenvalue weighted by Crippen LogP contribution is 2.25. The number of hydrogen-bond donors (Lipinski definition) is 1. The highest BCUT2D eigenvalue weighted by atomic mass is 32.2. The van der Waals surface area contributed by atoms with Crippen molar-refractivity contribution < 1.29 is 8.42 Å². The highest BCUT2D eigenvalue weighted by molar-refractivity contribution is 7.89. The number of nitrogens with zero attached hydrogens (tertiary/aromatic N) is 7. The second-order valence-electron chi connectivity index (χ2n) is 7.16. The Morgan fingerprint density at radius 3 is 2.37 bits per heavy atom. The third kappa shape index (κ3) is 3.85. The SMILES string of the molecule is Cc1nn(C)c(C)c1S(=O)(=O)N1CCN(c2ccc(Nc3cccnc3)nn2)CC1. The largest absolute Gasteiger partial charge is 0.352 e. The summed E-state index contributed by atoms with van der Waals surface area (Å²) in [5.41, 5.74) is 2.01. The monoisotopic (exact) mass is 428 g/mol. The van der Waals surface area contributed by atoms with Crippen molar-refractivity contribution in [2.24, 2.45) is 7.05 Å². The van der Waals surface area contributed by atoms with Gasteiger partial charge in [-0.15, -0.1) is 10.2 Å². The van der Waals surface area contributed by atoms with Gasteiger partial charge in [-0.05, 0) is 38.1 Å². The summed E-state index contributed by atoms with van der Waals surface area (Å²) in [6.07, 6.45) is 3.41. The van der Waals surface area contributed by atoms with Crippen molar-refractivity contribution in [1.29, 1.82) is 0 Å². The van der Waals surface area contributed by atoms with Crippen LogP contribution in [0, 0.1) is 13.8 Å². The van der Waals surface area contributed by atoms with Crippen LogP contribution in [0.2, 0.25) is 0 Å².